The fraction of sp³-hybridized carbons (Fsp3) is 0.588. The zero-order valence-corrected chi connectivity index (χ0v) is 17.0. The highest BCUT2D eigenvalue weighted by Gasteiger charge is 2.45. The van der Waals surface area contributed by atoms with Crippen LogP contribution < -0.4 is 5.32 Å². The Balaban J connectivity index is 0.00000121. The van der Waals surface area contributed by atoms with Crippen molar-refractivity contribution in [1.29, 1.82) is 0 Å². The van der Waals surface area contributed by atoms with E-state index in [4.69, 9.17) is 0 Å². The molecule has 0 radical (unpaired) electrons. The fourth-order valence-electron chi connectivity index (χ4n) is 3.96. The average molecular weight is 418 g/mol. The molecule has 0 bridgehead atoms. The lowest BCUT2D eigenvalue weighted by molar-refractivity contribution is -0.144. The van der Waals surface area contributed by atoms with Crippen molar-refractivity contribution in [2.24, 2.45) is 0 Å². The van der Waals surface area contributed by atoms with Gasteiger partial charge < -0.3 is 10.2 Å². The van der Waals surface area contributed by atoms with Gasteiger partial charge in [0.2, 0.25) is 0 Å². The van der Waals surface area contributed by atoms with E-state index in [0.717, 1.165) is 51.9 Å². The van der Waals surface area contributed by atoms with Crippen LogP contribution in [0.5, 0.6) is 0 Å². The third kappa shape index (κ3) is 3.91. The second-order valence-electron chi connectivity index (χ2n) is 6.67. The molecule has 0 spiro atoms. The molecule has 1 N–H and O–H groups in total. The average Bonchev–Trinajstić information content (AvgIpc) is 3.35. The molecule has 1 amide bonds. The first-order valence-corrected chi connectivity index (χ1v) is 9.57. The molecule has 2 saturated heterocycles. The first kappa shape index (κ1) is 21.2. The van der Waals surface area contributed by atoms with E-state index in [-0.39, 0.29) is 30.7 Å². The van der Waals surface area contributed by atoms with Crippen LogP contribution in [0.2, 0.25) is 0 Å². The highest BCUT2D eigenvalue weighted by molar-refractivity contribution is 7.09. The van der Waals surface area contributed by atoms with E-state index in [2.05, 4.69) is 20.3 Å². The molecule has 0 aliphatic carbocycles. The van der Waals surface area contributed by atoms with Gasteiger partial charge >= 0.3 is 0 Å². The molecule has 2 aromatic heterocycles. The molecule has 144 valence electrons. The number of hydrogen-bond acceptors (Lipinski definition) is 5. The van der Waals surface area contributed by atoms with Crippen LogP contribution in [0.4, 0.5) is 0 Å². The summed E-state index contributed by atoms with van der Waals surface area (Å²) in [5.41, 5.74) is -0.511. The molecular weight excluding hydrogens is 393 g/mol. The van der Waals surface area contributed by atoms with Crippen molar-refractivity contribution in [2.75, 3.05) is 26.2 Å². The van der Waals surface area contributed by atoms with Crippen molar-refractivity contribution < 1.29 is 4.79 Å². The first-order chi connectivity index (χ1) is 11.8. The monoisotopic (exact) mass is 417 g/mol. The normalized spacial score (nSPS) is 20.1. The lowest BCUT2D eigenvalue weighted by Crippen LogP contribution is -2.56. The maximum absolute atomic E-state index is 13.4. The van der Waals surface area contributed by atoms with Crippen LogP contribution in [-0.2, 0) is 10.3 Å². The van der Waals surface area contributed by atoms with Crippen LogP contribution >= 0.6 is 36.2 Å². The zero-order chi connectivity index (χ0) is 16.4. The van der Waals surface area contributed by atoms with E-state index in [1.165, 1.54) is 5.01 Å². The smallest absolute Gasteiger partial charge is 0.250 e. The predicted octanol–water partition coefficient (Wildman–Crippen LogP) is 2.67. The molecule has 0 aromatic carbocycles. The summed E-state index contributed by atoms with van der Waals surface area (Å²) in [4.78, 5) is 19.9. The van der Waals surface area contributed by atoms with Crippen molar-refractivity contribution in [3.05, 3.63) is 35.0 Å². The molecule has 6 nitrogen and oxygen atoms in total. The van der Waals surface area contributed by atoms with Gasteiger partial charge in [-0.15, -0.1) is 36.2 Å². The van der Waals surface area contributed by atoms with E-state index >= 15 is 0 Å². The van der Waals surface area contributed by atoms with Crippen molar-refractivity contribution in [2.45, 2.75) is 37.1 Å². The quantitative estimate of drug-likeness (QED) is 0.833. The van der Waals surface area contributed by atoms with Gasteiger partial charge in [0.15, 0.2) is 0 Å². The largest absolute Gasteiger partial charge is 0.341 e. The topological polar surface area (TPSA) is 63.1 Å². The van der Waals surface area contributed by atoms with Crippen LogP contribution in [0.3, 0.4) is 0 Å². The molecular formula is C17H25Cl2N5OS. The molecule has 0 unspecified atom stereocenters. The minimum Gasteiger partial charge on any atom is -0.341 e. The third-order valence-corrected chi connectivity index (χ3v) is 6.29. The third-order valence-electron chi connectivity index (χ3n) is 5.35. The highest BCUT2D eigenvalue weighted by atomic mass is 35.5. The van der Waals surface area contributed by atoms with Crippen LogP contribution in [0.15, 0.2) is 30.0 Å². The molecule has 4 heterocycles. The molecule has 0 atom stereocenters. The van der Waals surface area contributed by atoms with Gasteiger partial charge in [0, 0.05) is 43.0 Å². The van der Waals surface area contributed by atoms with E-state index in [1.54, 1.807) is 17.5 Å². The number of carbonyl (C=O) groups excluding carboxylic acids is 1. The van der Waals surface area contributed by atoms with Gasteiger partial charge in [-0.25, -0.2) is 4.98 Å². The van der Waals surface area contributed by atoms with Gasteiger partial charge in [-0.3, -0.25) is 9.48 Å². The Labute approximate surface area is 170 Å². The number of rotatable bonds is 3. The molecule has 0 saturated carbocycles. The van der Waals surface area contributed by atoms with Crippen LogP contribution in [0, 0.1) is 0 Å². The zero-order valence-electron chi connectivity index (χ0n) is 14.5. The number of nitrogens with zero attached hydrogens (tertiary/aromatic N) is 4. The highest BCUT2D eigenvalue weighted by Crippen LogP contribution is 2.34. The minimum atomic E-state index is -0.511. The van der Waals surface area contributed by atoms with E-state index in [0.29, 0.717) is 5.92 Å². The number of piperidine rings is 2. The van der Waals surface area contributed by atoms with Crippen LogP contribution in [-0.4, -0.2) is 51.8 Å². The second-order valence-corrected chi connectivity index (χ2v) is 7.60. The lowest BCUT2D eigenvalue weighted by atomic mass is 9.85. The summed E-state index contributed by atoms with van der Waals surface area (Å²) in [6.45, 7) is 3.36. The molecule has 2 aliphatic rings. The molecule has 26 heavy (non-hydrogen) atoms. The number of nitrogens with one attached hydrogen (secondary N) is 1. The number of carbonyl (C=O) groups is 1. The Kier molecular flexibility index (Phi) is 7.46. The SMILES string of the molecule is Cl.Cl.O=C(N1CCC(c2nccs2)CC1)C1(n2cccn2)CCNCC1. The fourth-order valence-corrected chi connectivity index (χ4v) is 4.77. The first-order valence-electron chi connectivity index (χ1n) is 8.69. The number of likely N-dealkylation sites (tertiary alicyclic amines) is 1. The van der Waals surface area contributed by atoms with E-state index in [1.807, 2.05) is 28.5 Å². The molecule has 4 rings (SSSR count). The second kappa shape index (κ2) is 9.17. The lowest BCUT2D eigenvalue weighted by Gasteiger charge is -2.42. The number of halogens is 2. The summed E-state index contributed by atoms with van der Waals surface area (Å²) >= 11 is 1.73. The maximum atomic E-state index is 13.4. The van der Waals surface area contributed by atoms with Crippen molar-refractivity contribution in [1.82, 2.24) is 25.0 Å². The molecule has 2 aromatic rings. The van der Waals surface area contributed by atoms with Gasteiger partial charge in [0.1, 0.15) is 5.54 Å². The van der Waals surface area contributed by atoms with Crippen LogP contribution in [0.1, 0.15) is 36.6 Å². The maximum Gasteiger partial charge on any atom is 0.250 e. The Hall–Kier alpha value is -1.15. The summed E-state index contributed by atoms with van der Waals surface area (Å²) in [5, 5.41) is 11.0. The Morgan fingerprint density at radius 1 is 1.19 bits per heavy atom. The minimum absolute atomic E-state index is 0. The number of aromatic nitrogens is 3. The van der Waals surface area contributed by atoms with Crippen molar-refractivity contribution >= 4 is 42.1 Å². The summed E-state index contributed by atoms with van der Waals surface area (Å²) in [7, 11) is 0. The van der Waals surface area contributed by atoms with E-state index in [9.17, 15) is 4.79 Å². The summed E-state index contributed by atoms with van der Waals surface area (Å²) < 4.78 is 1.89. The number of thiazole rings is 1. The van der Waals surface area contributed by atoms with Gasteiger partial charge in [-0.05, 0) is 44.8 Å². The van der Waals surface area contributed by atoms with Crippen LogP contribution in [0.25, 0.3) is 0 Å². The molecule has 9 heteroatoms. The van der Waals surface area contributed by atoms with Gasteiger partial charge in [-0.2, -0.15) is 5.10 Å². The van der Waals surface area contributed by atoms with Gasteiger partial charge in [-0.1, -0.05) is 0 Å². The predicted molar refractivity (Wildman–Crippen MR) is 107 cm³/mol. The van der Waals surface area contributed by atoms with Crippen molar-refractivity contribution in [3.63, 3.8) is 0 Å². The van der Waals surface area contributed by atoms with Crippen molar-refractivity contribution in [3.8, 4) is 0 Å². The summed E-state index contributed by atoms with van der Waals surface area (Å²) in [6, 6.07) is 1.91. The number of amides is 1. The Morgan fingerprint density at radius 3 is 2.50 bits per heavy atom. The molecule has 2 fully saturated rings. The van der Waals surface area contributed by atoms with Gasteiger partial charge in [0.25, 0.3) is 5.91 Å². The molecule has 2 aliphatic heterocycles. The van der Waals surface area contributed by atoms with Gasteiger partial charge in [0.05, 0.1) is 5.01 Å². The number of hydrogen-bond donors (Lipinski definition) is 1. The van der Waals surface area contributed by atoms with E-state index < -0.39 is 5.54 Å². The Morgan fingerprint density at radius 2 is 1.92 bits per heavy atom. The standard InChI is InChI=1S/C17H23N5OS.2ClH/c23-16(17(4-7-18-8-5-17)22-10-1-6-20-22)21-11-2-14(3-12-21)15-19-9-13-24-15;;/h1,6,9-10,13-14,18H,2-5,7-8,11-12H2;2*1H. The Bertz CT molecular complexity index is 665. The summed E-state index contributed by atoms with van der Waals surface area (Å²) in [5.74, 6) is 0.744. The summed E-state index contributed by atoms with van der Waals surface area (Å²) in [6.07, 6.45) is 9.20.